The number of oxime groups is 1. The van der Waals surface area contributed by atoms with Crippen molar-refractivity contribution in [1.29, 1.82) is 0 Å². The lowest BCUT2D eigenvalue weighted by Gasteiger charge is -2.32. The molecule has 0 spiro atoms. The Kier molecular flexibility index (Phi) is 5.86. The summed E-state index contributed by atoms with van der Waals surface area (Å²) in [6.45, 7) is 6.38. The number of amides is 1. The lowest BCUT2D eigenvalue weighted by molar-refractivity contribution is 0.0202. The van der Waals surface area contributed by atoms with E-state index >= 15 is 0 Å². The summed E-state index contributed by atoms with van der Waals surface area (Å²) in [5, 5.41) is 3.51. The molecule has 1 saturated heterocycles. The molecule has 0 saturated carbocycles. The van der Waals surface area contributed by atoms with Gasteiger partial charge in [0.15, 0.2) is 0 Å². The van der Waals surface area contributed by atoms with Crippen molar-refractivity contribution in [3.63, 3.8) is 0 Å². The Hall–Kier alpha value is -1.02. The van der Waals surface area contributed by atoms with E-state index in [0.717, 1.165) is 6.26 Å². The number of piperidine rings is 1. The number of likely N-dealkylation sites (tertiary alicyclic amines) is 1. The zero-order valence-corrected chi connectivity index (χ0v) is 14.2. The lowest BCUT2D eigenvalue weighted by atomic mass is 9.98. The number of nitrogens with zero attached hydrogens (tertiary/aromatic N) is 2. The Morgan fingerprint density at radius 1 is 1.29 bits per heavy atom. The monoisotopic (exact) mass is 340 g/mol. The number of ether oxygens (including phenoxy) is 1. The zero-order valence-electron chi connectivity index (χ0n) is 12.6. The van der Waals surface area contributed by atoms with Gasteiger partial charge in [-0.25, -0.2) is 4.79 Å². The Morgan fingerprint density at radius 2 is 1.81 bits per heavy atom. The third-order valence-corrected chi connectivity index (χ3v) is 3.47. The highest BCUT2D eigenvalue weighted by atomic mass is 35.5. The maximum Gasteiger partial charge on any atom is 0.410 e. The molecule has 1 amide bonds. The first kappa shape index (κ1) is 18.0. The van der Waals surface area contributed by atoms with E-state index in [1.165, 1.54) is 0 Å². The van der Waals surface area contributed by atoms with Gasteiger partial charge in [-0.1, -0.05) is 16.8 Å². The van der Waals surface area contributed by atoms with Gasteiger partial charge in [-0.2, -0.15) is 8.42 Å². The predicted molar refractivity (Wildman–Crippen MR) is 79.7 cm³/mol. The van der Waals surface area contributed by atoms with Crippen LogP contribution in [-0.2, 0) is 19.1 Å². The molecule has 1 heterocycles. The normalized spacial score (nSPS) is 18.5. The van der Waals surface area contributed by atoms with Crippen molar-refractivity contribution < 1.29 is 22.2 Å². The molecule has 1 fully saturated rings. The molecule has 0 unspecified atom stereocenters. The first-order chi connectivity index (χ1) is 9.48. The SMILES string of the molecule is CC(C)(C)OC(=O)N1CCC(/C(Cl)=N/OS(C)(=O)=O)CC1. The van der Waals surface area contributed by atoms with Crippen LogP contribution in [0.25, 0.3) is 0 Å². The van der Waals surface area contributed by atoms with Crippen molar-refractivity contribution >= 4 is 33.0 Å². The summed E-state index contributed by atoms with van der Waals surface area (Å²) in [6, 6.07) is 0. The van der Waals surface area contributed by atoms with Crippen LogP contribution < -0.4 is 0 Å². The maximum absolute atomic E-state index is 11.9. The summed E-state index contributed by atoms with van der Waals surface area (Å²) >= 11 is 5.93. The molecule has 0 aromatic rings. The summed E-state index contributed by atoms with van der Waals surface area (Å²) < 4.78 is 31.3. The topological polar surface area (TPSA) is 85.3 Å². The molecule has 0 aliphatic carbocycles. The van der Waals surface area contributed by atoms with Crippen molar-refractivity contribution in [3.05, 3.63) is 0 Å². The van der Waals surface area contributed by atoms with Crippen LogP contribution >= 0.6 is 11.6 Å². The largest absolute Gasteiger partial charge is 0.444 e. The van der Waals surface area contributed by atoms with Crippen LogP contribution in [-0.4, -0.2) is 49.5 Å². The summed E-state index contributed by atoms with van der Waals surface area (Å²) in [5.74, 6) is -0.118. The Morgan fingerprint density at radius 3 is 2.24 bits per heavy atom. The average Bonchev–Trinajstić information content (AvgIpc) is 2.33. The summed E-state index contributed by atoms with van der Waals surface area (Å²) in [6.07, 6.45) is 1.69. The minimum Gasteiger partial charge on any atom is -0.444 e. The van der Waals surface area contributed by atoms with Gasteiger partial charge in [-0.15, -0.1) is 0 Å². The number of hydrogen-bond acceptors (Lipinski definition) is 6. The molecular weight excluding hydrogens is 320 g/mol. The number of carbonyl (C=O) groups excluding carboxylic acids is 1. The number of halogens is 1. The summed E-state index contributed by atoms with van der Waals surface area (Å²) in [7, 11) is -3.66. The molecule has 0 aromatic heterocycles. The molecule has 1 aliphatic rings. The summed E-state index contributed by atoms with van der Waals surface area (Å²) in [4.78, 5) is 13.5. The van der Waals surface area contributed by atoms with Gasteiger partial charge < -0.3 is 9.64 Å². The maximum atomic E-state index is 11.9. The van der Waals surface area contributed by atoms with Gasteiger partial charge in [0, 0.05) is 19.0 Å². The van der Waals surface area contributed by atoms with Crippen molar-refractivity contribution in [3.8, 4) is 0 Å². The highest BCUT2D eigenvalue weighted by molar-refractivity contribution is 7.85. The fraction of sp³-hybridized carbons (Fsp3) is 0.833. The van der Waals surface area contributed by atoms with Crippen LogP contribution in [0.3, 0.4) is 0 Å². The van der Waals surface area contributed by atoms with E-state index in [1.807, 2.05) is 20.8 Å². The van der Waals surface area contributed by atoms with Gasteiger partial charge in [0.2, 0.25) is 0 Å². The van der Waals surface area contributed by atoms with Crippen LogP contribution in [0.5, 0.6) is 0 Å². The van der Waals surface area contributed by atoms with Crippen molar-refractivity contribution in [1.82, 2.24) is 4.90 Å². The average molecular weight is 341 g/mol. The molecule has 0 bridgehead atoms. The number of hydrogen-bond donors (Lipinski definition) is 0. The van der Waals surface area contributed by atoms with Crippen molar-refractivity contribution in [2.24, 2.45) is 11.1 Å². The van der Waals surface area contributed by atoms with Gasteiger partial charge in [-0.05, 0) is 33.6 Å². The standard InChI is InChI=1S/C12H21ClN2O5S/c1-12(2,3)19-11(16)15-7-5-9(6-8-15)10(13)14-20-21(4,17)18/h9H,5-8H2,1-4H3/b14-10-. The highest BCUT2D eigenvalue weighted by Crippen LogP contribution is 2.22. The molecule has 9 heteroatoms. The van der Waals surface area contributed by atoms with Crippen LogP contribution in [0.4, 0.5) is 4.79 Å². The molecule has 7 nitrogen and oxygen atoms in total. The van der Waals surface area contributed by atoms with E-state index in [-0.39, 0.29) is 17.2 Å². The molecule has 1 aliphatic heterocycles. The van der Waals surface area contributed by atoms with Gasteiger partial charge >= 0.3 is 16.2 Å². The second-order valence-electron chi connectivity index (χ2n) is 5.93. The molecule has 0 aromatic carbocycles. The lowest BCUT2D eigenvalue weighted by Crippen LogP contribution is -2.42. The van der Waals surface area contributed by atoms with Crippen molar-refractivity contribution in [2.45, 2.75) is 39.2 Å². The molecule has 21 heavy (non-hydrogen) atoms. The van der Waals surface area contributed by atoms with Crippen LogP contribution in [0.1, 0.15) is 33.6 Å². The minimum absolute atomic E-state index is 0.101. The molecule has 122 valence electrons. The van der Waals surface area contributed by atoms with Gasteiger partial charge in [-0.3, -0.25) is 4.28 Å². The number of carbonyl (C=O) groups is 1. The van der Waals surface area contributed by atoms with Crippen LogP contribution in [0, 0.1) is 5.92 Å². The number of rotatable bonds is 3. The third kappa shape index (κ3) is 6.99. The molecule has 0 atom stereocenters. The Bertz CT molecular complexity index is 504. The predicted octanol–water partition coefficient (Wildman–Crippen LogP) is 2.16. The summed E-state index contributed by atoms with van der Waals surface area (Å²) in [5.41, 5.74) is -0.531. The quantitative estimate of drug-likeness (QED) is 0.580. The smallest absolute Gasteiger partial charge is 0.410 e. The van der Waals surface area contributed by atoms with Crippen molar-refractivity contribution in [2.75, 3.05) is 19.3 Å². The zero-order chi connectivity index (χ0) is 16.3. The molecular formula is C12H21ClN2O5S. The van der Waals surface area contributed by atoms with Crippen LogP contribution in [0.15, 0.2) is 5.16 Å². The van der Waals surface area contributed by atoms with E-state index in [2.05, 4.69) is 9.44 Å². The van der Waals surface area contributed by atoms with E-state index < -0.39 is 15.7 Å². The third-order valence-electron chi connectivity index (χ3n) is 2.74. The van der Waals surface area contributed by atoms with E-state index in [9.17, 15) is 13.2 Å². The Balaban J connectivity index is 2.50. The first-order valence-corrected chi connectivity index (χ1v) is 8.77. The second kappa shape index (κ2) is 6.83. The highest BCUT2D eigenvalue weighted by Gasteiger charge is 2.28. The first-order valence-electron chi connectivity index (χ1n) is 6.58. The van der Waals surface area contributed by atoms with E-state index in [1.54, 1.807) is 4.90 Å². The molecule has 0 N–H and O–H groups in total. The second-order valence-corrected chi connectivity index (χ2v) is 7.88. The van der Waals surface area contributed by atoms with E-state index in [4.69, 9.17) is 16.3 Å². The fourth-order valence-corrected chi connectivity index (χ4v) is 2.31. The molecule has 1 rings (SSSR count). The Labute approximate surface area is 130 Å². The van der Waals surface area contributed by atoms with Crippen LogP contribution in [0.2, 0.25) is 0 Å². The fourth-order valence-electron chi connectivity index (χ4n) is 1.80. The van der Waals surface area contributed by atoms with Gasteiger partial charge in [0.25, 0.3) is 0 Å². The van der Waals surface area contributed by atoms with E-state index in [0.29, 0.717) is 25.9 Å². The minimum atomic E-state index is -3.66. The van der Waals surface area contributed by atoms with Gasteiger partial charge in [0.1, 0.15) is 10.8 Å². The van der Waals surface area contributed by atoms with Gasteiger partial charge in [0.05, 0.1) is 6.26 Å². The molecule has 0 radical (unpaired) electrons.